The van der Waals surface area contributed by atoms with Gasteiger partial charge in [0.15, 0.2) is 0 Å². The molecule has 0 heterocycles. The van der Waals surface area contributed by atoms with Gasteiger partial charge in [0.05, 0.1) is 13.2 Å². The minimum Gasteiger partial charge on any atom is -0.492 e. The van der Waals surface area contributed by atoms with Gasteiger partial charge in [-0.25, -0.2) is 4.39 Å². The van der Waals surface area contributed by atoms with Gasteiger partial charge in [-0.3, -0.25) is 0 Å². The highest BCUT2D eigenvalue weighted by Gasteiger charge is 2.10. The molecule has 4 heteroatoms. The molecule has 0 saturated heterocycles. The fraction of sp³-hybridized carbons (Fsp3) is 0.400. The van der Waals surface area contributed by atoms with Gasteiger partial charge in [-0.1, -0.05) is 0 Å². The Hall–Kier alpha value is -0.770. The van der Waals surface area contributed by atoms with Crippen molar-refractivity contribution in [3.05, 3.63) is 22.4 Å². The van der Waals surface area contributed by atoms with Crippen LogP contribution in [0.25, 0.3) is 0 Å². The normalized spacial score (nSPS) is 10.0. The van der Waals surface area contributed by atoms with Crippen molar-refractivity contribution >= 4 is 15.9 Å². The molecule has 2 nitrogen and oxygen atoms in total. The lowest BCUT2D eigenvalue weighted by Gasteiger charge is -2.10. The summed E-state index contributed by atoms with van der Waals surface area (Å²) in [5.41, 5.74) is 0. The molecule has 0 radical (unpaired) electrons. The van der Waals surface area contributed by atoms with Gasteiger partial charge in [-0.05, 0) is 29.8 Å². The lowest BCUT2D eigenvalue weighted by atomic mass is 10.3. The molecule has 14 heavy (non-hydrogen) atoms. The maximum Gasteiger partial charge on any atom is 0.140 e. The Kier molecular flexibility index (Phi) is 4.20. The number of ether oxygens (including phenoxy) is 2. The summed E-state index contributed by atoms with van der Waals surface area (Å²) in [6.07, 6.45) is 0. The topological polar surface area (TPSA) is 18.5 Å². The molecular formula is C10H12BrFO2. The van der Waals surface area contributed by atoms with E-state index in [9.17, 15) is 4.39 Å². The highest BCUT2D eigenvalue weighted by Crippen LogP contribution is 2.35. The molecule has 78 valence electrons. The minimum absolute atomic E-state index is 0.361. The quantitative estimate of drug-likeness (QED) is 0.829. The third-order valence-corrected chi connectivity index (χ3v) is 2.35. The Morgan fingerprint density at radius 3 is 1.93 bits per heavy atom. The van der Waals surface area contributed by atoms with Crippen LogP contribution in [-0.2, 0) is 0 Å². The molecule has 1 aromatic carbocycles. The number of rotatable bonds is 4. The van der Waals surface area contributed by atoms with Crippen molar-refractivity contribution in [2.75, 3.05) is 13.2 Å². The highest BCUT2D eigenvalue weighted by molar-refractivity contribution is 9.10. The molecule has 0 saturated carbocycles. The predicted octanol–water partition coefficient (Wildman–Crippen LogP) is 3.39. The van der Waals surface area contributed by atoms with Crippen LogP contribution in [0.1, 0.15) is 13.8 Å². The number of hydrogen-bond acceptors (Lipinski definition) is 2. The molecule has 0 aliphatic rings. The van der Waals surface area contributed by atoms with Gasteiger partial charge < -0.3 is 9.47 Å². The second-order valence-electron chi connectivity index (χ2n) is 2.58. The van der Waals surface area contributed by atoms with Crippen LogP contribution in [0.5, 0.6) is 11.5 Å². The van der Waals surface area contributed by atoms with Gasteiger partial charge in [-0.2, -0.15) is 0 Å². The van der Waals surface area contributed by atoms with Crippen LogP contribution in [0.4, 0.5) is 4.39 Å². The molecular weight excluding hydrogens is 251 g/mol. The van der Waals surface area contributed by atoms with Crippen LogP contribution < -0.4 is 9.47 Å². The standard InChI is InChI=1S/C10H12BrFO2/c1-3-13-8-5-7(12)6-9(10(8)11)14-4-2/h5-6H,3-4H2,1-2H3. The van der Waals surface area contributed by atoms with Crippen LogP contribution in [0.15, 0.2) is 16.6 Å². The summed E-state index contributed by atoms with van der Waals surface area (Å²) in [5, 5.41) is 0. The Morgan fingerprint density at radius 2 is 1.57 bits per heavy atom. The smallest absolute Gasteiger partial charge is 0.140 e. The molecule has 0 spiro atoms. The molecule has 0 bridgehead atoms. The molecule has 0 fully saturated rings. The first-order valence-corrected chi connectivity index (χ1v) is 5.23. The molecule has 0 aliphatic heterocycles. The zero-order valence-electron chi connectivity index (χ0n) is 8.14. The Morgan fingerprint density at radius 1 is 1.14 bits per heavy atom. The summed E-state index contributed by atoms with van der Waals surface area (Å²) >= 11 is 3.30. The summed E-state index contributed by atoms with van der Waals surface area (Å²) in [7, 11) is 0. The lowest BCUT2D eigenvalue weighted by molar-refractivity contribution is 0.316. The van der Waals surface area contributed by atoms with Crippen LogP contribution in [0.2, 0.25) is 0 Å². The molecule has 0 N–H and O–H groups in total. The van der Waals surface area contributed by atoms with E-state index in [2.05, 4.69) is 15.9 Å². The number of hydrogen-bond donors (Lipinski definition) is 0. The fourth-order valence-electron chi connectivity index (χ4n) is 1.06. The second-order valence-corrected chi connectivity index (χ2v) is 3.38. The number of halogens is 2. The SMILES string of the molecule is CCOc1cc(F)cc(OCC)c1Br. The van der Waals surface area contributed by atoms with Crippen molar-refractivity contribution in [3.8, 4) is 11.5 Å². The van der Waals surface area contributed by atoms with E-state index in [1.54, 1.807) is 0 Å². The summed E-state index contributed by atoms with van der Waals surface area (Å²) in [6, 6.07) is 2.66. The van der Waals surface area contributed by atoms with E-state index in [1.165, 1.54) is 12.1 Å². The maximum absolute atomic E-state index is 13.1. The summed E-state index contributed by atoms with van der Waals surface area (Å²) in [5.74, 6) is 0.576. The first-order chi connectivity index (χ1) is 6.69. The first-order valence-electron chi connectivity index (χ1n) is 4.43. The average Bonchev–Trinajstić information content (AvgIpc) is 2.14. The summed E-state index contributed by atoms with van der Waals surface area (Å²) < 4.78 is 24.2. The minimum atomic E-state index is -0.361. The molecule has 0 amide bonds. The summed E-state index contributed by atoms with van der Waals surface area (Å²) in [6.45, 7) is 4.68. The van der Waals surface area contributed by atoms with Crippen molar-refractivity contribution in [3.63, 3.8) is 0 Å². The van der Waals surface area contributed by atoms with Gasteiger partial charge in [0.2, 0.25) is 0 Å². The number of benzene rings is 1. The Bertz CT molecular complexity index is 288. The van der Waals surface area contributed by atoms with Crippen molar-refractivity contribution in [1.82, 2.24) is 0 Å². The van der Waals surface area contributed by atoms with Crippen molar-refractivity contribution in [2.45, 2.75) is 13.8 Å². The van der Waals surface area contributed by atoms with Gasteiger partial charge >= 0.3 is 0 Å². The van der Waals surface area contributed by atoms with E-state index in [0.29, 0.717) is 29.2 Å². The average molecular weight is 263 g/mol. The molecule has 0 aromatic heterocycles. The van der Waals surface area contributed by atoms with E-state index >= 15 is 0 Å². The van der Waals surface area contributed by atoms with Gasteiger partial charge in [-0.15, -0.1) is 0 Å². The second kappa shape index (κ2) is 5.20. The molecule has 1 aromatic rings. The predicted molar refractivity (Wildman–Crippen MR) is 56.4 cm³/mol. The molecule has 1 rings (SSSR count). The van der Waals surface area contributed by atoms with Crippen LogP contribution in [-0.4, -0.2) is 13.2 Å². The van der Waals surface area contributed by atoms with Crippen molar-refractivity contribution in [2.24, 2.45) is 0 Å². The van der Waals surface area contributed by atoms with Gasteiger partial charge in [0.25, 0.3) is 0 Å². The van der Waals surface area contributed by atoms with Crippen LogP contribution in [0.3, 0.4) is 0 Å². The maximum atomic E-state index is 13.1. The van der Waals surface area contributed by atoms with E-state index < -0.39 is 0 Å². The Labute approximate surface area is 91.2 Å². The monoisotopic (exact) mass is 262 g/mol. The van der Waals surface area contributed by atoms with E-state index in [0.717, 1.165) is 0 Å². The molecule has 0 aliphatic carbocycles. The largest absolute Gasteiger partial charge is 0.492 e. The highest BCUT2D eigenvalue weighted by atomic mass is 79.9. The zero-order chi connectivity index (χ0) is 10.6. The fourth-order valence-corrected chi connectivity index (χ4v) is 1.52. The molecule has 0 atom stereocenters. The van der Waals surface area contributed by atoms with Crippen LogP contribution in [0, 0.1) is 5.82 Å². The van der Waals surface area contributed by atoms with E-state index in [1.807, 2.05) is 13.8 Å². The van der Waals surface area contributed by atoms with E-state index in [4.69, 9.17) is 9.47 Å². The van der Waals surface area contributed by atoms with E-state index in [-0.39, 0.29) is 5.82 Å². The zero-order valence-corrected chi connectivity index (χ0v) is 9.73. The van der Waals surface area contributed by atoms with Gasteiger partial charge in [0, 0.05) is 12.1 Å². The third-order valence-electron chi connectivity index (χ3n) is 1.57. The van der Waals surface area contributed by atoms with Crippen LogP contribution >= 0.6 is 15.9 Å². The third kappa shape index (κ3) is 2.61. The Balaban J connectivity index is 3.04. The summed E-state index contributed by atoms with van der Waals surface area (Å²) in [4.78, 5) is 0. The first kappa shape index (κ1) is 11.3. The lowest BCUT2D eigenvalue weighted by Crippen LogP contribution is -1.98. The molecule has 0 unspecified atom stereocenters. The van der Waals surface area contributed by atoms with Crippen molar-refractivity contribution < 1.29 is 13.9 Å². The van der Waals surface area contributed by atoms with Crippen molar-refractivity contribution in [1.29, 1.82) is 0 Å². The van der Waals surface area contributed by atoms with Gasteiger partial charge in [0.1, 0.15) is 21.8 Å².